The molecule has 0 aliphatic carbocycles. The molecule has 0 unspecified atom stereocenters. The fraction of sp³-hybridized carbons (Fsp3) is 0.158. The molecule has 2 aromatic heterocycles. The average molecular weight is 408 g/mol. The van der Waals surface area contributed by atoms with Crippen molar-refractivity contribution in [1.82, 2.24) is 4.57 Å². The van der Waals surface area contributed by atoms with Gasteiger partial charge in [0.05, 0.1) is 15.7 Å². The van der Waals surface area contributed by atoms with E-state index in [9.17, 15) is 14.7 Å². The first kappa shape index (κ1) is 18.7. The Morgan fingerprint density at radius 1 is 1.19 bits per heavy atom. The number of rotatable bonds is 5. The quantitative estimate of drug-likeness (QED) is 0.632. The molecule has 1 N–H and O–H groups in total. The number of thiophene rings is 1. The van der Waals surface area contributed by atoms with E-state index in [0.717, 1.165) is 11.3 Å². The van der Waals surface area contributed by atoms with Gasteiger partial charge in [-0.1, -0.05) is 29.3 Å². The maximum absolute atomic E-state index is 12.6. The predicted octanol–water partition coefficient (Wildman–Crippen LogP) is 5.19. The van der Waals surface area contributed by atoms with Crippen molar-refractivity contribution in [3.8, 4) is 11.3 Å². The number of carbonyl (C=O) groups is 1. The minimum atomic E-state index is -1.26. The smallest absolute Gasteiger partial charge is 0.341 e. The lowest BCUT2D eigenvalue weighted by atomic mass is 10.0. The minimum absolute atomic E-state index is 0.265. The molecule has 4 nitrogen and oxygen atoms in total. The topological polar surface area (TPSA) is 59.3 Å². The van der Waals surface area contributed by atoms with Crippen molar-refractivity contribution >= 4 is 40.5 Å². The Kier molecular flexibility index (Phi) is 5.51. The number of aromatic nitrogens is 1. The van der Waals surface area contributed by atoms with Crippen LogP contribution >= 0.6 is 34.5 Å². The lowest BCUT2D eigenvalue weighted by molar-refractivity contribution is 0.0695. The average Bonchev–Trinajstić information content (AvgIpc) is 3.09. The van der Waals surface area contributed by atoms with E-state index >= 15 is 0 Å². The summed E-state index contributed by atoms with van der Waals surface area (Å²) in [7, 11) is 0. The Labute approximate surface area is 164 Å². The van der Waals surface area contributed by atoms with Gasteiger partial charge in [0.25, 0.3) is 0 Å². The van der Waals surface area contributed by atoms with Crippen LogP contribution in [0.25, 0.3) is 11.3 Å². The fourth-order valence-electron chi connectivity index (χ4n) is 2.96. The van der Waals surface area contributed by atoms with E-state index in [4.69, 9.17) is 23.2 Å². The summed E-state index contributed by atoms with van der Waals surface area (Å²) < 4.78 is 1.85. The van der Waals surface area contributed by atoms with Crippen LogP contribution < -0.4 is 5.43 Å². The van der Waals surface area contributed by atoms with Gasteiger partial charge in [0.2, 0.25) is 0 Å². The van der Waals surface area contributed by atoms with Crippen LogP contribution in [-0.2, 0) is 13.0 Å². The first-order valence-corrected chi connectivity index (χ1v) is 9.58. The third-order valence-corrected chi connectivity index (χ3v) is 5.56. The Morgan fingerprint density at radius 2 is 1.96 bits per heavy atom. The number of hydrogen-bond donors (Lipinski definition) is 1. The summed E-state index contributed by atoms with van der Waals surface area (Å²) in [5.41, 5.74) is 1.92. The number of pyridine rings is 1. The molecule has 3 aromatic rings. The van der Waals surface area contributed by atoms with Crippen LogP contribution in [0.4, 0.5) is 0 Å². The van der Waals surface area contributed by atoms with Crippen LogP contribution in [0.3, 0.4) is 0 Å². The maximum Gasteiger partial charge on any atom is 0.341 e. The van der Waals surface area contributed by atoms with Crippen LogP contribution in [0.15, 0.2) is 45.9 Å². The number of aromatic carboxylic acids is 1. The molecule has 26 heavy (non-hydrogen) atoms. The molecule has 0 aliphatic rings. The largest absolute Gasteiger partial charge is 0.477 e. The molecule has 0 atom stereocenters. The van der Waals surface area contributed by atoms with Gasteiger partial charge in [-0.05, 0) is 41.4 Å². The van der Waals surface area contributed by atoms with Crippen LogP contribution in [0.1, 0.15) is 28.5 Å². The van der Waals surface area contributed by atoms with Crippen molar-refractivity contribution in [2.24, 2.45) is 0 Å². The van der Waals surface area contributed by atoms with Crippen molar-refractivity contribution in [1.29, 1.82) is 0 Å². The molecule has 1 aromatic carbocycles. The summed E-state index contributed by atoms with van der Waals surface area (Å²) in [4.78, 5) is 24.4. The van der Waals surface area contributed by atoms with E-state index < -0.39 is 11.4 Å². The monoisotopic (exact) mass is 407 g/mol. The molecule has 2 heterocycles. The minimum Gasteiger partial charge on any atom is -0.477 e. The molecule has 7 heteroatoms. The molecule has 134 valence electrons. The highest BCUT2D eigenvalue weighted by atomic mass is 35.5. The number of halogens is 2. The molecule has 0 saturated carbocycles. The third-order valence-electron chi connectivity index (χ3n) is 4.09. The van der Waals surface area contributed by atoms with Gasteiger partial charge in [-0.25, -0.2) is 4.79 Å². The Hall–Kier alpha value is -2.08. The normalized spacial score (nSPS) is 10.9. The van der Waals surface area contributed by atoms with E-state index in [1.807, 2.05) is 28.3 Å². The highest BCUT2D eigenvalue weighted by Gasteiger charge is 2.22. The zero-order valence-corrected chi connectivity index (χ0v) is 16.2. The van der Waals surface area contributed by atoms with Gasteiger partial charge in [-0.15, -0.1) is 0 Å². The maximum atomic E-state index is 12.6. The van der Waals surface area contributed by atoms with Crippen molar-refractivity contribution in [3.05, 3.63) is 78.2 Å². The lowest BCUT2D eigenvalue weighted by Gasteiger charge is -2.20. The second-order valence-corrected chi connectivity index (χ2v) is 7.30. The van der Waals surface area contributed by atoms with Gasteiger partial charge in [0.15, 0.2) is 5.43 Å². The van der Waals surface area contributed by atoms with Gasteiger partial charge in [-0.3, -0.25) is 4.79 Å². The van der Waals surface area contributed by atoms with Gasteiger partial charge in [0, 0.05) is 30.3 Å². The van der Waals surface area contributed by atoms with E-state index in [1.54, 1.807) is 29.5 Å². The van der Waals surface area contributed by atoms with Crippen molar-refractivity contribution in [3.63, 3.8) is 0 Å². The summed E-state index contributed by atoms with van der Waals surface area (Å²) in [5.74, 6) is -1.26. The summed E-state index contributed by atoms with van der Waals surface area (Å²) in [6.45, 7) is 2.42. The van der Waals surface area contributed by atoms with Crippen LogP contribution in [-0.4, -0.2) is 15.6 Å². The summed E-state index contributed by atoms with van der Waals surface area (Å²) in [6.07, 6.45) is 0.542. The number of carboxylic acids is 1. The highest BCUT2D eigenvalue weighted by Crippen LogP contribution is 2.31. The molecule has 0 spiro atoms. The molecule has 0 fully saturated rings. The zero-order chi connectivity index (χ0) is 18.8. The summed E-state index contributed by atoms with van der Waals surface area (Å²) in [5, 5.41) is 14.3. The first-order chi connectivity index (χ1) is 12.4. The van der Waals surface area contributed by atoms with Gasteiger partial charge < -0.3 is 9.67 Å². The molecule has 0 aliphatic heterocycles. The SMILES string of the molecule is CCn1c(Cc2ccsc2)cc(=O)c(C(=O)O)c1-c1ccc(Cl)c(Cl)c1. The van der Waals surface area contributed by atoms with E-state index in [0.29, 0.717) is 34.3 Å². The van der Waals surface area contributed by atoms with Crippen molar-refractivity contribution in [2.45, 2.75) is 19.9 Å². The second-order valence-electron chi connectivity index (χ2n) is 5.71. The third kappa shape index (κ3) is 3.56. The number of hydrogen-bond acceptors (Lipinski definition) is 3. The molecule has 0 amide bonds. The first-order valence-electron chi connectivity index (χ1n) is 7.88. The molecular formula is C19H15Cl2NO3S. The van der Waals surface area contributed by atoms with Crippen LogP contribution in [0, 0.1) is 0 Å². The predicted molar refractivity (Wildman–Crippen MR) is 106 cm³/mol. The Morgan fingerprint density at radius 3 is 2.54 bits per heavy atom. The van der Waals surface area contributed by atoms with E-state index in [-0.39, 0.29) is 5.56 Å². The van der Waals surface area contributed by atoms with Gasteiger partial charge in [0.1, 0.15) is 5.56 Å². The molecule has 0 saturated heterocycles. The Bertz CT molecular complexity index is 1030. The van der Waals surface area contributed by atoms with Crippen LogP contribution in [0.5, 0.6) is 0 Å². The summed E-state index contributed by atoms with van der Waals surface area (Å²) >= 11 is 13.7. The molecular weight excluding hydrogens is 393 g/mol. The zero-order valence-electron chi connectivity index (χ0n) is 13.8. The van der Waals surface area contributed by atoms with E-state index in [1.165, 1.54) is 6.07 Å². The van der Waals surface area contributed by atoms with Gasteiger partial charge in [-0.2, -0.15) is 11.3 Å². The number of benzene rings is 1. The molecule has 3 rings (SSSR count). The van der Waals surface area contributed by atoms with Gasteiger partial charge >= 0.3 is 5.97 Å². The molecule has 0 radical (unpaired) electrons. The Balaban J connectivity index is 2.31. The number of nitrogens with zero attached hydrogens (tertiary/aromatic N) is 1. The number of carboxylic acid groups (broad SMARTS) is 1. The fourth-order valence-corrected chi connectivity index (χ4v) is 3.92. The van der Waals surface area contributed by atoms with Crippen LogP contribution in [0.2, 0.25) is 10.0 Å². The van der Waals surface area contributed by atoms with E-state index in [2.05, 4.69) is 0 Å². The highest BCUT2D eigenvalue weighted by molar-refractivity contribution is 7.07. The van der Waals surface area contributed by atoms with Crippen molar-refractivity contribution < 1.29 is 9.90 Å². The second kappa shape index (κ2) is 7.66. The standard InChI is InChI=1S/C19H15Cl2NO3S/c1-2-22-13(7-11-5-6-26-10-11)9-16(23)17(19(24)25)18(22)12-3-4-14(20)15(21)8-12/h3-6,8-10H,2,7H2,1H3,(H,24,25). The molecule has 0 bridgehead atoms. The lowest BCUT2D eigenvalue weighted by Crippen LogP contribution is -2.23. The van der Waals surface area contributed by atoms with Crippen molar-refractivity contribution in [2.75, 3.05) is 0 Å². The summed E-state index contributed by atoms with van der Waals surface area (Å²) in [6, 6.07) is 8.26.